The molecule has 0 bridgehead atoms. The minimum atomic E-state index is -1.12. The smallest absolute Gasteiger partial charge is 0.242 e. The van der Waals surface area contributed by atoms with Crippen molar-refractivity contribution in [2.24, 2.45) is 5.41 Å². The van der Waals surface area contributed by atoms with Gasteiger partial charge in [-0.15, -0.1) is 0 Å². The number of rotatable bonds is 2. The summed E-state index contributed by atoms with van der Waals surface area (Å²) in [5.41, 5.74) is 0.958. The van der Waals surface area contributed by atoms with Gasteiger partial charge in [-0.25, -0.2) is 0 Å². The maximum Gasteiger partial charge on any atom is 0.242 e. The van der Waals surface area contributed by atoms with Crippen molar-refractivity contribution in [2.45, 2.75) is 33.6 Å². The SMILES string of the molecule is CC(=O)N1CCN(C(=O)C(C)(C)C(=O)N2CCCc3ccccc32)CC1. The molecule has 1 saturated heterocycles. The minimum absolute atomic E-state index is 0.0253. The Morgan fingerprint density at radius 1 is 0.885 bits per heavy atom. The quantitative estimate of drug-likeness (QED) is 0.757. The first-order valence-electron chi connectivity index (χ1n) is 9.27. The van der Waals surface area contributed by atoms with Crippen molar-refractivity contribution in [3.8, 4) is 0 Å². The van der Waals surface area contributed by atoms with Crippen LogP contribution in [-0.4, -0.2) is 60.2 Å². The Hall–Kier alpha value is -2.37. The van der Waals surface area contributed by atoms with Crippen molar-refractivity contribution >= 4 is 23.4 Å². The summed E-state index contributed by atoms with van der Waals surface area (Å²) in [5.74, 6) is -0.283. The second-order valence-electron chi connectivity index (χ2n) is 7.61. The second kappa shape index (κ2) is 7.09. The number of fused-ring (bicyclic) bond motifs is 1. The summed E-state index contributed by atoms with van der Waals surface area (Å²) in [7, 11) is 0. The first-order valence-corrected chi connectivity index (χ1v) is 9.27. The molecule has 26 heavy (non-hydrogen) atoms. The van der Waals surface area contributed by atoms with Gasteiger partial charge < -0.3 is 14.7 Å². The molecule has 3 amide bonds. The van der Waals surface area contributed by atoms with E-state index in [1.165, 1.54) is 0 Å². The fraction of sp³-hybridized carbons (Fsp3) is 0.550. The summed E-state index contributed by atoms with van der Waals surface area (Å²) in [6.07, 6.45) is 1.87. The van der Waals surface area contributed by atoms with Crippen LogP contribution in [0.25, 0.3) is 0 Å². The van der Waals surface area contributed by atoms with Gasteiger partial charge in [-0.05, 0) is 38.3 Å². The number of nitrogens with zero attached hydrogens (tertiary/aromatic N) is 3. The highest BCUT2D eigenvalue weighted by molar-refractivity contribution is 6.11. The number of carbonyl (C=O) groups is 3. The third-order valence-electron chi connectivity index (χ3n) is 5.44. The zero-order valence-electron chi connectivity index (χ0n) is 15.8. The fourth-order valence-corrected chi connectivity index (χ4v) is 3.79. The van der Waals surface area contributed by atoms with E-state index in [1.54, 1.807) is 35.5 Å². The van der Waals surface area contributed by atoms with E-state index in [9.17, 15) is 14.4 Å². The monoisotopic (exact) mass is 357 g/mol. The molecule has 2 aliphatic rings. The maximum absolute atomic E-state index is 13.3. The molecular formula is C20H27N3O3. The van der Waals surface area contributed by atoms with Crippen LogP contribution in [0.2, 0.25) is 0 Å². The van der Waals surface area contributed by atoms with E-state index in [4.69, 9.17) is 0 Å². The Kier molecular flexibility index (Phi) is 5.03. The van der Waals surface area contributed by atoms with Crippen molar-refractivity contribution in [1.29, 1.82) is 0 Å². The number of anilines is 1. The van der Waals surface area contributed by atoms with Gasteiger partial charge in [0.25, 0.3) is 0 Å². The fourth-order valence-electron chi connectivity index (χ4n) is 3.79. The van der Waals surface area contributed by atoms with E-state index < -0.39 is 5.41 Å². The zero-order chi connectivity index (χ0) is 18.9. The first kappa shape index (κ1) is 18.4. The number of carbonyl (C=O) groups excluding carboxylic acids is 3. The van der Waals surface area contributed by atoms with Crippen molar-refractivity contribution in [1.82, 2.24) is 9.80 Å². The number of para-hydroxylation sites is 1. The third kappa shape index (κ3) is 3.32. The molecule has 1 aromatic rings. The van der Waals surface area contributed by atoms with Crippen molar-refractivity contribution < 1.29 is 14.4 Å². The van der Waals surface area contributed by atoms with Gasteiger partial charge in [0.1, 0.15) is 5.41 Å². The molecule has 1 fully saturated rings. The van der Waals surface area contributed by atoms with E-state index in [-0.39, 0.29) is 17.7 Å². The molecule has 0 unspecified atom stereocenters. The van der Waals surface area contributed by atoms with Crippen molar-refractivity contribution in [3.63, 3.8) is 0 Å². The molecule has 0 spiro atoms. The zero-order valence-corrected chi connectivity index (χ0v) is 15.8. The molecule has 0 saturated carbocycles. The normalized spacial score (nSPS) is 17.7. The van der Waals surface area contributed by atoms with Crippen LogP contribution in [0.15, 0.2) is 24.3 Å². The van der Waals surface area contributed by atoms with Crippen LogP contribution in [0.5, 0.6) is 0 Å². The second-order valence-corrected chi connectivity index (χ2v) is 7.61. The predicted molar refractivity (Wildman–Crippen MR) is 99.7 cm³/mol. The van der Waals surface area contributed by atoms with Gasteiger partial charge in [-0.3, -0.25) is 14.4 Å². The highest BCUT2D eigenvalue weighted by atomic mass is 16.2. The van der Waals surface area contributed by atoms with Gasteiger partial charge in [0.2, 0.25) is 17.7 Å². The molecule has 0 N–H and O–H groups in total. The topological polar surface area (TPSA) is 60.9 Å². The Balaban J connectivity index is 1.75. The number of hydrogen-bond acceptors (Lipinski definition) is 3. The van der Waals surface area contributed by atoms with Crippen molar-refractivity contribution in [3.05, 3.63) is 29.8 Å². The van der Waals surface area contributed by atoms with Gasteiger partial charge in [0.05, 0.1) is 0 Å². The first-order chi connectivity index (χ1) is 12.3. The predicted octanol–water partition coefficient (Wildman–Crippen LogP) is 1.68. The largest absolute Gasteiger partial charge is 0.339 e. The lowest BCUT2D eigenvalue weighted by Gasteiger charge is -2.40. The van der Waals surface area contributed by atoms with E-state index in [2.05, 4.69) is 0 Å². The summed E-state index contributed by atoms with van der Waals surface area (Å²) in [5, 5.41) is 0. The van der Waals surface area contributed by atoms with E-state index in [0.717, 1.165) is 24.1 Å². The Labute approximate surface area is 154 Å². The average Bonchev–Trinajstić information content (AvgIpc) is 2.66. The summed E-state index contributed by atoms with van der Waals surface area (Å²) in [6, 6.07) is 7.92. The average molecular weight is 357 g/mol. The van der Waals surface area contributed by atoms with Crippen LogP contribution in [0.3, 0.4) is 0 Å². The maximum atomic E-state index is 13.3. The van der Waals surface area contributed by atoms with Crippen LogP contribution in [0, 0.1) is 5.41 Å². The van der Waals surface area contributed by atoms with Crippen LogP contribution < -0.4 is 4.90 Å². The lowest BCUT2D eigenvalue weighted by molar-refractivity contribution is -0.150. The van der Waals surface area contributed by atoms with Gasteiger partial charge in [-0.2, -0.15) is 0 Å². The molecule has 0 atom stereocenters. The highest BCUT2D eigenvalue weighted by Gasteiger charge is 2.43. The molecule has 0 aliphatic carbocycles. The Morgan fingerprint density at radius 3 is 2.15 bits per heavy atom. The number of benzene rings is 1. The Morgan fingerprint density at radius 2 is 1.50 bits per heavy atom. The number of piperazine rings is 1. The summed E-state index contributed by atoms with van der Waals surface area (Å²) in [4.78, 5) is 43.0. The minimum Gasteiger partial charge on any atom is -0.339 e. The van der Waals surface area contributed by atoms with Crippen LogP contribution >= 0.6 is 0 Å². The molecule has 6 heteroatoms. The molecule has 6 nitrogen and oxygen atoms in total. The van der Waals surface area contributed by atoms with Gasteiger partial charge in [0, 0.05) is 45.3 Å². The van der Waals surface area contributed by atoms with Crippen LogP contribution in [0.4, 0.5) is 5.69 Å². The molecule has 140 valence electrons. The van der Waals surface area contributed by atoms with Gasteiger partial charge in [-0.1, -0.05) is 18.2 Å². The van der Waals surface area contributed by atoms with Crippen molar-refractivity contribution in [2.75, 3.05) is 37.6 Å². The molecule has 0 aromatic heterocycles. The number of aryl methyl sites for hydroxylation is 1. The van der Waals surface area contributed by atoms with E-state index in [1.807, 2.05) is 24.3 Å². The number of amides is 3. The van der Waals surface area contributed by atoms with Crippen LogP contribution in [0.1, 0.15) is 32.8 Å². The van der Waals surface area contributed by atoms with Gasteiger partial charge >= 0.3 is 0 Å². The van der Waals surface area contributed by atoms with E-state index >= 15 is 0 Å². The van der Waals surface area contributed by atoms with Crippen LogP contribution in [-0.2, 0) is 20.8 Å². The molecule has 0 radical (unpaired) electrons. The number of hydrogen-bond donors (Lipinski definition) is 0. The summed E-state index contributed by atoms with van der Waals surface area (Å²) in [6.45, 7) is 7.62. The lowest BCUT2D eigenvalue weighted by atomic mass is 9.87. The standard InChI is InChI=1S/C20H27N3O3/c1-15(24)21-11-13-22(14-12-21)18(25)20(2,3)19(26)23-10-6-8-16-7-4-5-9-17(16)23/h4-5,7,9H,6,8,10-14H2,1-3H3. The third-order valence-corrected chi connectivity index (χ3v) is 5.44. The lowest BCUT2D eigenvalue weighted by Crippen LogP contribution is -2.57. The summed E-state index contributed by atoms with van der Waals surface area (Å²) >= 11 is 0. The molecule has 3 rings (SSSR count). The highest BCUT2D eigenvalue weighted by Crippen LogP contribution is 2.32. The van der Waals surface area contributed by atoms with E-state index in [0.29, 0.717) is 32.7 Å². The molecule has 1 aromatic carbocycles. The Bertz CT molecular complexity index is 721. The summed E-state index contributed by atoms with van der Waals surface area (Å²) < 4.78 is 0. The molecule has 2 heterocycles. The molecule has 2 aliphatic heterocycles. The molecular weight excluding hydrogens is 330 g/mol. The van der Waals surface area contributed by atoms with Gasteiger partial charge in [0.15, 0.2) is 0 Å².